The van der Waals surface area contributed by atoms with E-state index in [9.17, 15) is 4.79 Å². The third kappa shape index (κ3) is 5.71. The lowest BCUT2D eigenvalue weighted by Gasteiger charge is -2.34. The highest BCUT2D eigenvalue weighted by atomic mass is 35.5. The van der Waals surface area contributed by atoms with Crippen LogP contribution in [0, 0.1) is 0 Å². The molecular weight excluding hydrogens is 459 g/mol. The second kappa shape index (κ2) is 9.92. The van der Waals surface area contributed by atoms with Gasteiger partial charge in [-0.15, -0.1) is 0 Å². The van der Waals surface area contributed by atoms with Gasteiger partial charge in [0.2, 0.25) is 0 Å². The Morgan fingerprint density at radius 3 is 2.39 bits per heavy atom. The molecule has 1 aromatic heterocycles. The van der Waals surface area contributed by atoms with Crippen molar-refractivity contribution in [3.05, 3.63) is 81.1 Å². The van der Waals surface area contributed by atoms with Gasteiger partial charge in [0.1, 0.15) is 5.75 Å². The number of halogens is 3. The molecule has 2 aromatic carbocycles. The van der Waals surface area contributed by atoms with Crippen molar-refractivity contribution in [2.24, 2.45) is 0 Å². The van der Waals surface area contributed by atoms with Crippen LogP contribution in [0.2, 0.25) is 15.1 Å². The third-order valence-electron chi connectivity index (χ3n) is 5.09. The Labute approximate surface area is 195 Å². The van der Waals surface area contributed by atoms with Crippen LogP contribution in [0.5, 0.6) is 5.75 Å². The lowest BCUT2D eigenvalue weighted by molar-refractivity contribution is 0.0621. The third-order valence-corrected chi connectivity index (χ3v) is 6.08. The van der Waals surface area contributed by atoms with Crippen molar-refractivity contribution >= 4 is 40.7 Å². The minimum Gasteiger partial charge on any atom is -0.471 e. The standard InChI is InChI=1S/C22H21Cl3N4O2/c23-17-2-4-18(5-3-17)31-15-29-8-7-21(26-29)22(30)28-11-9-27(10-12-28)14-16-1-6-19(24)20(25)13-16/h1-8,13H,9-12,14-15H2. The summed E-state index contributed by atoms with van der Waals surface area (Å²) in [6, 6.07) is 14.5. The van der Waals surface area contributed by atoms with Gasteiger partial charge in [0.05, 0.1) is 10.0 Å². The van der Waals surface area contributed by atoms with Crippen LogP contribution in [0.25, 0.3) is 0 Å². The average Bonchev–Trinajstić information content (AvgIpc) is 3.25. The number of hydrogen-bond acceptors (Lipinski definition) is 4. The van der Waals surface area contributed by atoms with Crippen molar-refractivity contribution in [1.82, 2.24) is 19.6 Å². The molecule has 0 atom stereocenters. The van der Waals surface area contributed by atoms with Crippen molar-refractivity contribution in [3.8, 4) is 5.75 Å². The molecule has 0 saturated carbocycles. The largest absolute Gasteiger partial charge is 0.471 e. The fourth-order valence-electron chi connectivity index (χ4n) is 3.39. The number of hydrogen-bond donors (Lipinski definition) is 0. The Hall–Kier alpha value is -2.25. The Kier molecular flexibility index (Phi) is 7.02. The Morgan fingerprint density at radius 2 is 1.68 bits per heavy atom. The summed E-state index contributed by atoms with van der Waals surface area (Å²) in [5.74, 6) is 0.616. The van der Waals surface area contributed by atoms with E-state index >= 15 is 0 Å². The molecule has 1 saturated heterocycles. The predicted molar refractivity (Wildman–Crippen MR) is 122 cm³/mol. The van der Waals surface area contributed by atoms with Crippen LogP contribution in [0.4, 0.5) is 0 Å². The number of aromatic nitrogens is 2. The molecule has 6 nitrogen and oxygen atoms in total. The van der Waals surface area contributed by atoms with E-state index in [2.05, 4.69) is 10.00 Å². The maximum Gasteiger partial charge on any atom is 0.274 e. The summed E-state index contributed by atoms with van der Waals surface area (Å²) in [5, 5.41) is 6.12. The minimum atomic E-state index is -0.0700. The monoisotopic (exact) mass is 478 g/mol. The molecule has 3 aromatic rings. The first-order chi connectivity index (χ1) is 15.0. The summed E-state index contributed by atoms with van der Waals surface area (Å²) in [6.07, 6.45) is 1.74. The Balaban J connectivity index is 1.27. The van der Waals surface area contributed by atoms with E-state index in [1.807, 2.05) is 23.1 Å². The van der Waals surface area contributed by atoms with Gasteiger partial charge in [-0.25, -0.2) is 4.68 Å². The van der Waals surface area contributed by atoms with Gasteiger partial charge in [-0.1, -0.05) is 40.9 Å². The van der Waals surface area contributed by atoms with E-state index in [0.29, 0.717) is 39.6 Å². The van der Waals surface area contributed by atoms with Crippen LogP contribution in [0.3, 0.4) is 0 Å². The predicted octanol–water partition coefficient (Wildman–Crippen LogP) is 4.84. The first-order valence-corrected chi connectivity index (χ1v) is 11.0. The zero-order chi connectivity index (χ0) is 21.8. The van der Waals surface area contributed by atoms with Gasteiger partial charge in [0.25, 0.3) is 5.91 Å². The highest BCUT2D eigenvalue weighted by molar-refractivity contribution is 6.42. The van der Waals surface area contributed by atoms with Gasteiger partial charge in [0.15, 0.2) is 12.4 Å². The average molecular weight is 480 g/mol. The second-order valence-electron chi connectivity index (χ2n) is 7.28. The molecule has 1 amide bonds. The molecule has 0 spiro atoms. The number of amides is 1. The molecular formula is C22H21Cl3N4O2. The molecule has 1 fully saturated rings. The summed E-state index contributed by atoms with van der Waals surface area (Å²) in [7, 11) is 0. The van der Waals surface area contributed by atoms with Gasteiger partial charge in [-0.05, 0) is 48.0 Å². The fraction of sp³-hybridized carbons (Fsp3) is 0.273. The molecule has 1 aliphatic heterocycles. The maximum atomic E-state index is 12.8. The van der Waals surface area contributed by atoms with E-state index in [1.54, 1.807) is 41.2 Å². The summed E-state index contributed by atoms with van der Waals surface area (Å²) < 4.78 is 7.26. The normalized spacial score (nSPS) is 14.6. The van der Waals surface area contributed by atoms with Gasteiger partial charge < -0.3 is 9.64 Å². The smallest absolute Gasteiger partial charge is 0.274 e. The van der Waals surface area contributed by atoms with Crippen LogP contribution >= 0.6 is 34.8 Å². The van der Waals surface area contributed by atoms with Gasteiger partial charge >= 0.3 is 0 Å². The summed E-state index contributed by atoms with van der Waals surface area (Å²) in [5.41, 5.74) is 1.52. The fourth-order valence-corrected chi connectivity index (χ4v) is 3.83. The van der Waals surface area contributed by atoms with Crippen LogP contribution in [0.15, 0.2) is 54.7 Å². The van der Waals surface area contributed by atoms with E-state index in [1.165, 1.54) is 0 Å². The molecule has 162 valence electrons. The number of carbonyl (C=O) groups excluding carboxylic acids is 1. The van der Waals surface area contributed by atoms with Crippen LogP contribution in [-0.4, -0.2) is 51.7 Å². The summed E-state index contributed by atoms with van der Waals surface area (Å²) >= 11 is 18.0. The number of ether oxygens (including phenoxy) is 1. The Morgan fingerprint density at radius 1 is 0.935 bits per heavy atom. The van der Waals surface area contributed by atoms with Gasteiger partial charge in [0, 0.05) is 43.9 Å². The summed E-state index contributed by atoms with van der Waals surface area (Å²) in [6.45, 7) is 3.85. The van der Waals surface area contributed by atoms with Crippen molar-refractivity contribution in [2.45, 2.75) is 13.3 Å². The first kappa shape index (κ1) is 22.0. The van der Waals surface area contributed by atoms with Crippen LogP contribution < -0.4 is 4.74 Å². The Bertz CT molecular complexity index is 1050. The topological polar surface area (TPSA) is 50.6 Å². The van der Waals surface area contributed by atoms with Crippen molar-refractivity contribution in [1.29, 1.82) is 0 Å². The molecule has 0 aliphatic carbocycles. The number of carbonyl (C=O) groups is 1. The molecule has 0 N–H and O–H groups in total. The van der Waals surface area contributed by atoms with Crippen LogP contribution in [0.1, 0.15) is 16.1 Å². The zero-order valence-corrected chi connectivity index (χ0v) is 18.9. The number of rotatable bonds is 6. The molecule has 0 radical (unpaired) electrons. The number of nitrogens with zero attached hydrogens (tertiary/aromatic N) is 4. The molecule has 2 heterocycles. The lowest BCUT2D eigenvalue weighted by atomic mass is 10.2. The van der Waals surface area contributed by atoms with Crippen molar-refractivity contribution < 1.29 is 9.53 Å². The highest BCUT2D eigenvalue weighted by Gasteiger charge is 2.23. The molecule has 4 rings (SSSR count). The van der Waals surface area contributed by atoms with E-state index < -0.39 is 0 Å². The van der Waals surface area contributed by atoms with Crippen molar-refractivity contribution in [2.75, 3.05) is 26.2 Å². The minimum absolute atomic E-state index is 0.0700. The number of benzene rings is 2. The SMILES string of the molecule is O=C(c1ccn(COc2ccc(Cl)cc2)n1)N1CCN(Cc2ccc(Cl)c(Cl)c2)CC1. The molecule has 1 aliphatic rings. The molecule has 0 bridgehead atoms. The highest BCUT2D eigenvalue weighted by Crippen LogP contribution is 2.23. The zero-order valence-electron chi connectivity index (χ0n) is 16.7. The number of piperazine rings is 1. The van der Waals surface area contributed by atoms with Crippen LogP contribution in [-0.2, 0) is 13.3 Å². The van der Waals surface area contributed by atoms with E-state index in [0.717, 1.165) is 25.2 Å². The quantitative estimate of drug-likeness (QED) is 0.508. The summed E-state index contributed by atoms with van der Waals surface area (Å²) in [4.78, 5) is 16.9. The van der Waals surface area contributed by atoms with Crippen molar-refractivity contribution in [3.63, 3.8) is 0 Å². The maximum absolute atomic E-state index is 12.8. The van der Waals surface area contributed by atoms with Gasteiger partial charge in [-0.2, -0.15) is 5.10 Å². The lowest BCUT2D eigenvalue weighted by Crippen LogP contribution is -2.48. The van der Waals surface area contributed by atoms with Gasteiger partial charge in [-0.3, -0.25) is 9.69 Å². The van der Waals surface area contributed by atoms with E-state index in [4.69, 9.17) is 39.5 Å². The second-order valence-corrected chi connectivity index (χ2v) is 8.54. The first-order valence-electron chi connectivity index (χ1n) is 9.85. The molecule has 0 unspecified atom stereocenters. The van der Waals surface area contributed by atoms with E-state index in [-0.39, 0.29) is 12.6 Å². The molecule has 31 heavy (non-hydrogen) atoms. The molecule has 9 heteroatoms.